The van der Waals surface area contributed by atoms with Crippen LogP contribution in [0.4, 0.5) is 0 Å². The van der Waals surface area contributed by atoms with Gasteiger partial charge in [0.25, 0.3) is 0 Å². The van der Waals surface area contributed by atoms with Crippen LogP contribution in [0, 0.1) is 16.2 Å². The molecule has 0 amide bonds. The summed E-state index contributed by atoms with van der Waals surface area (Å²) in [7, 11) is 0. The Balaban J connectivity index is 2.11. The first-order valence-electron chi connectivity index (χ1n) is 6.51. The summed E-state index contributed by atoms with van der Waals surface area (Å²) in [6.45, 7) is 9.28. The summed E-state index contributed by atoms with van der Waals surface area (Å²) in [5, 5.41) is 9.47. The molecule has 0 heterocycles. The topological polar surface area (TPSA) is 20.2 Å². The van der Waals surface area contributed by atoms with Gasteiger partial charge >= 0.3 is 0 Å². The Morgan fingerprint density at radius 1 is 1.20 bits per heavy atom. The van der Waals surface area contributed by atoms with E-state index in [9.17, 15) is 5.11 Å². The zero-order chi connectivity index (χ0) is 11.3. The standard InChI is InChI=1S/C14H26O/c1-11(15)6-9-14-10-13(14,4)8-5-7-12(14,2)3/h11,15H,5-10H2,1-4H3. The fourth-order valence-electron chi connectivity index (χ4n) is 4.35. The second-order valence-electron chi connectivity index (χ2n) is 6.94. The van der Waals surface area contributed by atoms with Gasteiger partial charge in [-0.05, 0) is 55.3 Å². The average Bonchev–Trinajstić information content (AvgIpc) is 2.70. The SMILES string of the molecule is CC(O)CCC12CC1(C)CCCC2(C)C. The molecule has 0 aliphatic heterocycles. The van der Waals surface area contributed by atoms with Gasteiger partial charge in [0.2, 0.25) is 0 Å². The maximum Gasteiger partial charge on any atom is 0.0512 e. The Bertz CT molecular complexity index is 256. The van der Waals surface area contributed by atoms with Crippen molar-refractivity contribution in [3.63, 3.8) is 0 Å². The highest BCUT2D eigenvalue weighted by molar-refractivity contribution is 5.19. The first-order valence-corrected chi connectivity index (χ1v) is 6.51. The van der Waals surface area contributed by atoms with Gasteiger partial charge in [-0.15, -0.1) is 0 Å². The molecule has 15 heavy (non-hydrogen) atoms. The average molecular weight is 210 g/mol. The van der Waals surface area contributed by atoms with Gasteiger partial charge < -0.3 is 5.11 Å². The molecule has 1 heteroatoms. The lowest BCUT2D eigenvalue weighted by Crippen LogP contribution is -2.34. The lowest BCUT2D eigenvalue weighted by atomic mass is 9.62. The Kier molecular flexibility index (Phi) is 2.46. The molecule has 0 saturated heterocycles. The van der Waals surface area contributed by atoms with Gasteiger partial charge in [0.05, 0.1) is 6.10 Å². The van der Waals surface area contributed by atoms with E-state index in [4.69, 9.17) is 0 Å². The van der Waals surface area contributed by atoms with E-state index in [-0.39, 0.29) is 6.10 Å². The van der Waals surface area contributed by atoms with E-state index in [2.05, 4.69) is 20.8 Å². The van der Waals surface area contributed by atoms with E-state index in [1.807, 2.05) is 6.92 Å². The molecule has 0 aromatic carbocycles. The van der Waals surface area contributed by atoms with Gasteiger partial charge in [-0.1, -0.05) is 27.2 Å². The number of hydrogen-bond donors (Lipinski definition) is 1. The molecule has 3 atom stereocenters. The normalized spacial score (nSPS) is 44.6. The third-order valence-electron chi connectivity index (χ3n) is 5.54. The quantitative estimate of drug-likeness (QED) is 0.752. The van der Waals surface area contributed by atoms with Crippen molar-refractivity contribution in [1.82, 2.24) is 0 Å². The number of aliphatic hydroxyl groups is 1. The summed E-state index contributed by atoms with van der Waals surface area (Å²) in [6.07, 6.45) is 7.69. The molecule has 2 rings (SSSR count). The third-order valence-corrected chi connectivity index (χ3v) is 5.54. The zero-order valence-electron chi connectivity index (χ0n) is 10.8. The number of hydrogen-bond acceptors (Lipinski definition) is 1. The Labute approximate surface area is 94.3 Å². The van der Waals surface area contributed by atoms with E-state index in [0.29, 0.717) is 16.2 Å². The summed E-state index contributed by atoms with van der Waals surface area (Å²) in [6, 6.07) is 0. The minimum atomic E-state index is -0.123. The van der Waals surface area contributed by atoms with Gasteiger partial charge in [-0.2, -0.15) is 0 Å². The first-order chi connectivity index (χ1) is 6.83. The second kappa shape index (κ2) is 3.23. The van der Waals surface area contributed by atoms with Gasteiger partial charge in [-0.3, -0.25) is 0 Å². The minimum absolute atomic E-state index is 0.123. The van der Waals surface area contributed by atoms with Crippen molar-refractivity contribution < 1.29 is 5.11 Å². The summed E-state index contributed by atoms with van der Waals surface area (Å²) in [5.74, 6) is 0. The van der Waals surface area contributed by atoms with Crippen molar-refractivity contribution in [3.8, 4) is 0 Å². The second-order valence-corrected chi connectivity index (χ2v) is 6.94. The van der Waals surface area contributed by atoms with Gasteiger partial charge in [-0.25, -0.2) is 0 Å². The van der Waals surface area contributed by atoms with Gasteiger partial charge in [0.15, 0.2) is 0 Å². The summed E-state index contributed by atoms with van der Waals surface area (Å²) in [4.78, 5) is 0. The third kappa shape index (κ3) is 1.54. The Morgan fingerprint density at radius 3 is 2.40 bits per heavy atom. The molecule has 0 aromatic heterocycles. The molecule has 88 valence electrons. The van der Waals surface area contributed by atoms with E-state index < -0.39 is 0 Å². The predicted molar refractivity (Wildman–Crippen MR) is 63.7 cm³/mol. The molecule has 2 saturated carbocycles. The Morgan fingerprint density at radius 2 is 1.87 bits per heavy atom. The molecule has 2 aliphatic carbocycles. The van der Waals surface area contributed by atoms with Gasteiger partial charge in [0, 0.05) is 0 Å². The van der Waals surface area contributed by atoms with E-state index in [1.54, 1.807) is 0 Å². The largest absolute Gasteiger partial charge is 0.393 e. The van der Waals surface area contributed by atoms with Crippen LogP contribution < -0.4 is 0 Å². The van der Waals surface area contributed by atoms with Crippen molar-refractivity contribution in [1.29, 1.82) is 0 Å². The highest BCUT2D eigenvalue weighted by Gasteiger charge is 2.70. The summed E-state index contributed by atoms with van der Waals surface area (Å²) >= 11 is 0. The molecule has 3 unspecified atom stereocenters. The molecule has 0 aromatic rings. The zero-order valence-corrected chi connectivity index (χ0v) is 10.8. The van der Waals surface area contributed by atoms with Crippen LogP contribution in [0.5, 0.6) is 0 Å². The first kappa shape index (κ1) is 11.4. The fourth-order valence-corrected chi connectivity index (χ4v) is 4.35. The van der Waals surface area contributed by atoms with Crippen molar-refractivity contribution in [2.24, 2.45) is 16.2 Å². The van der Waals surface area contributed by atoms with Crippen LogP contribution in [-0.4, -0.2) is 11.2 Å². The van der Waals surface area contributed by atoms with Crippen LogP contribution in [0.1, 0.15) is 66.2 Å². The van der Waals surface area contributed by atoms with E-state index in [0.717, 1.165) is 6.42 Å². The molecule has 1 N–H and O–H groups in total. The molecule has 0 bridgehead atoms. The highest BCUT2D eigenvalue weighted by atomic mass is 16.3. The lowest BCUT2D eigenvalue weighted by Gasteiger charge is -2.43. The molecule has 0 spiro atoms. The maximum atomic E-state index is 9.47. The molecular formula is C14H26O. The highest BCUT2D eigenvalue weighted by Crippen LogP contribution is 2.79. The fraction of sp³-hybridized carbons (Fsp3) is 1.00. The predicted octanol–water partition coefficient (Wildman–Crippen LogP) is 3.75. The van der Waals surface area contributed by atoms with Crippen LogP contribution in [0.15, 0.2) is 0 Å². The van der Waals surface area contributed by atoms with Crippen molar-refractivity contribution in [3.05, 3.63) is 0 Å². The maximum absolute atomic E-state index is 9.47. The van der Waals surface area contributed by atoms with Crippen LogP contribution in [0.2, 0.25) is 0 Å². The lowest BCUT2D eigenvalue weighted by molar-refractivity contribution is 0.0536. The summed E-state index contributed by atoms with van der Waals surface area (Å²) < 4.78 is 0. The molecule has 1 nitrogen and oxygen atoms in total. The monoisotopic (exact) mass is 210 g/mol. The number of rotatable bonds is 3. The van der Waals surface area contributed by atoms with Crippen molar-refractivity contribution in [2.45, 2.75) is 72.3 Å². The van der Waals surface area contributed by atoms with Crippen LogP contribution in [-0.2, 0) is 0 Å². The van der Waals surface area contributed by atoms with Crippen molar-refractivity contribution >= 4 is 0 Å². The Hall–Kier alpha value is -0.0400. The molecule has 2 fully saturated rings. The van der Waals surface area contributed by atoms with E-state index >= 15 is 0 Å². The smallest absolute Gasteiger partial charge is 0.0512 e. The van der Waals surface area contributed by atoms with Crippen LogP contribution >= 0.6 is 0 Å². The van der Waals surface area contributed by atoms with Crippen LogP contribution in [0.25, 0.3) is 0 Å². The number of aliphatic hydroxyl groups excluding tert-OH is 1. The molecule has 2 aliphatic rings. The molecule has 0 radical (unpaired) electrons. The van der Waals surface area contributed by atoms with E-state index in [1.165, 1.54) is 32.1 Å². The summed E-state index contributed by atoms with van der Waals surface area (Å²) in [5.41, 5.74) is 1.65. The molecular weight excluding hydrogens is 184 g/mol. The number of fused-ring (bicyclic) bond motifs is 1. The van der Waals surface area contributed by atoms with Crippen LogP contribution in [0.3, 0.4) is 0 Å². The van der Waals surface area contributed by atoms with Crippen molar-refractivity contribution in [2.75, 3.05) is 0 Å². The van der Waals surface area contributed by atoms with Gasteiger partial charge in [0.1, 0.15) is 0 Å². The minimum Gasteiger partial charge on any atom is -0.393 e.